The predicted octanol–water partition coefficient (Wildman–Crippen LogP) is 2.17. The van der Waals surface area contributed by atoms with E-state index in [2.05, 4.69) is 15.5 Å². The molecule has 1 atom stereocenters. The standard InChI is InChI=1S/C14H17N3O3/c1-7(2)11(14(19)20)13(18)16-10-5-4-9-6-15-17-12(9)8(10)3/h4-7,11H,1-3H3,(H,15,17)(H,16,18)(H,19,20). The molecular weight excluding hydrogens is 258 g/mol. The van der Waals surface area contributed by atoms with Crippen LogP contribution in [-0.4, -0.2) is 27.2 Å². The van der Waals surface area contributed by atoms with Crippen LogP contribution < -0.4 is 5.32 Å². The van der Waals surface area contributed by atoms with Gasteiger partial charge in [0, 0.05) is 11.1 Å². The third-order valence-electron chi connectivity index (χ3n) is 3.35. The number of hydrogen-bond acceptors (Lipinski definition) is 3. The second-order valence-electron chi connectivity index (χ2n) is 5.12. The monoisotopic (exact) mass is 275 g/mol. The number of aromatic amines is 1. The van der Waals surface area contributed by atoms with Crippen molar-refractivity contribution in [2.24, 2.45) is 11.8 Å². The van der Waals surface area contributed by atoms with Gasteiger partial charge in [-0.15, -0.1) is 0 Å². The highest BCUT2D eigenvalue weighted by atomic mass is 16.4. The fraction of sp³-hybridized carbons (Fsp3) is 0.357. The Morgan fingerprint density at radius 2 is 2.05 bits per heavy atom. The molecule has 0 saturated heterocycles. The number of amides is 1. The van der Waals surface area contributed by atoms with Gasteiger partial charge in [0.05, 0.1) is 11.7 Å². The molecule has 3 N–H and O–H groups in total. The van der Waals surface area contributed by atoms with Crippen molar-refractivity contribution in [3.8, 4) is 0 Å². The summed E-state index contributed by atoms with van der Waals surface area (Å²) in [6, 6.07) is 3.58. The third-order valence-corrected chi connectivity index (χ3v) is 3.35. The highest BCUT2D eigenvalue weighted by Crippen LogP contribution is 2.24. The van der Waals surface area contributed by atoms with Crippen molar-refractivity contribution >= 4 is 28.5 Å². The number of carboxylic acids is 1. The first kappa shape index (κ1) is 14.0. The van der Waals surface area contributed by atoms with E-state index in [0.717, 1.165) is 16.5 Å². The number of carbonyl (C=O) groups is 2. The molecule has 1 unspecified atom stereocenters. The number of carbonyl (C=O) groups excluding carboxylic acids is 1. The molecular formula is C14H17N3O3. The number of H-pyrrole nitrogens is 1. The number of carboxylic acid groups (broad SMARTS) is 1. The first-order valence-electron chi connectivity index (χ1n) is 6.38. The topological polar surface area (TPSA) is 95.1 Å². The minimum atomic E-state index is -1.11. The average Bonchev–Trinajstić information content (AvgIpc) is 2.80. The molecule has 0 aliphatic rings. The Morgan fingerprint density at radius 3 is 2.65 bits per heavy atom. The van der Waals surface area contributed by atoms with Gasteiger partial charge in [0.2, 0.25) is 5.91 Å². The van der Waals surface area contributed by atoms with Gasteiger partial charge in [0.15, 0.2) is 0 Å². The lowest BCUT2D eigenvalue weighted by Crippen LogP contribution is -2.33. The zero-order valence-electron chi connectivity index (χ0n) is 11.6. The van der Waals surface area contributed by atoms with Crippen molar-refractivity contribution in [3.05, 3.63) is 23.9 Å². The Bertz CT molecular complexity index is 661. The summed E-state index contributed by atoms with van der Waals surface area (Å²) in [7, 11) is 0. The maximum atomic E-state index is 12.1. The lowest BCUT2D eigenvalue weighted by molar-refractivity contribution is -0.147. The van der Waals surface area contributed by atoms with Crippen LogP contribution in [0.1, 0.15) is 19.4 Å². The molecule has 0 fully saturated rings. The van der Waals surface area contributed by atoms with E-state index in [1.165, 1.54) is 0 Å². The summed E-state index contributed by atoms with van der Waals surface area (Å²) in [6.07, 6.45) is 1.70. The molecule has 0 aliphatic carbocycles. The largest absolute Gasteiger partial charge is 0.481 e. The number of hydrogen-bond donors (Lipinski definition) is 3. The summed E-state index contributed by atoms with van der Waals surface area (Å²) in [5, 5.41) is 19.6. The van der Waals surface area contributed by atoms with E-state index in [4.69, 9.17) is 5.11 Å². The summed E-state index contributed by atoms with van der Waals surface area (Å²) < 4.78 is 0. The number of nitrogens with zero attached hydrogens (tertiary/aromatic N) is 1. The molecule has 106 valence electrons. The number of aryl methyl sites for hydroxylation is 1. The molecule has 1 heterocycles. The van der Waals surface area contributed by atoms with Crippen LogP contribution >= 0.6 is 0 Å². The van der Waals surface area contributed by atoms with Crippen LogP contribution in [0.4, 0.5) is 5.69 Å². The Kier molecular flexibility index (Phi) is 3.74. The molecule has 1 aromatic carbocycles. The van der Waals surface area contributed by atoms with E-state index in [1.807, 2.05) is 13.0 Å². The smallest absolute Gasteiger partial charge is 0.316 e. The molecule has 2 rings (SSSR count). The van der Waals surface area contributed by atoms with Crippen LogP contribution in [0.3, 0.4) is 0 Å². The number of fused-ring (bicyclic) bond motifs is 1. The Morgan fingerprint density at radius 1 is 1.35 bits per heavy atom. The lowest BCUT2D eigenvalue weighted by atomic mass is 9.95. The van der Waals surface area contributed by atoms with E-state index in [0.29, 0.717) is 5.69 Å². The highest BCUT2D eigenvalue weighted by Gasteiger charge is 2.29. The highest BCUT2D eigenvalue weighted by molar-refractivity contribution is 6.05. The van der Waals surface area contributed by atoms with Gasteiger partial charge in [-0.3, -0.25) is 14.7 Å². The van der Waals surface area contributed by atoms with Crippen molar-refractivity contribution in [2.75, 3.05) is 5.32 Å². The normalized spacial score (nSPS) is 12.6. The summed E-state index contributed by atoms with van der Waals surface area (Å²) in [4.78, 5) is 23.3. The van der Waals surface area contributed by atoms with Gasteiger partial charge in [-0.2, -0.15) is 5.10 Å². The maximum Gasteiger partial charge on any atom is 0.316 e. The van der Waals surface area contributed by atoms with E-state index in [-0.39, 0.29) is 5.92 Å². The minimum Gasteiger partial charge on any atom is -0.481 e. The number of nitrogens with one attached hydrogen (secondary N) is 2. The van der Waals surface area contributed by atoms with Crippen molar-refractivity contribution in [1.82, 2.24) is 10.2 Å². The molecule has 1 aromatic heterocycles. The molecule has 6 nitrogen and oxygen atoms in total. The molecule has 0 saturated carbocycles. The fourth-order valence-corrected chi connectivity index (χ4v) is 2.20. The van der Waals surface area contributed by atoms with Gasteiger partial charge in [-0.1, -0.05) is 13.8 Å². The molecule has 1 amide bonds. The van der Waals surface area contributed by atoms with E-state index in [9.17, 15) is 9.59 Å². The van der Waals surface area contributed by atoms with Crippen LogP contribution in [-0.2, 0) is 9.59 Å². The second kappa shape index (κ2) is 5.32. The van der Waals surface area contributed by atoms with Gasteiger partial charge in [-0.25, -0.2) is 0 Å². The zero-order valence-corrected chi connectivity index (χ0v) is 11.6. The minimum absolute atomic E-state index is 0.274. The van der Waals surface area contributed by atoms with Crippen LogP contribution in [0.5, 0.6) is 0 Å². The lowest BCUT2D eigenvalue weighted by Gasteiger charge is -2.17. The summed E-state index contributed by atoms with van der Waals surface area (Å²) in [5.41, 5.74) is 2.26. The number of rotatable bonds is 4. The molecule has 6 heteroatoms. The average molecular weight is 275 g/mol. The van der Waals surface area contributed by atoms with Gasteiger partial charge in [0.1, 0.15) is 5.92 Å². The number of aromatic nitrogens is 2. The van der Waals surface area contributed by atoms with Gasteiger partial charge in [-0.05, 0) is 30.5 Å². The van der Waals surface area contributed by atoms with E-state index < -0.39 is 17.8 Å². The van der Waals surface area contributed by atoms with Crippen LogP contribution in [0.15, 0.2) is 18.3 Å². The molecule has 0 spiro atoms. The van der Waals surface area contributed by atoms with Crippen molar-refractivity contribution in [3.63, 3.8) is 0 Å². The molecule has 0 radical (unpaired) electrons. The molecule has 20 heavy (non-hydrogen) atoms. The Hall–Kier alpha value is -2.37. The van der Waals surface area contributed by atoms with Gasteiger partial charge < -0.3 is 10.4 Å². The Balaban J connectivity index is 2.29. The number of anilines is 1. The second-order valence-corrected chi connectivity index (χ2v) is 5.12. The first-order valence-corrected chi connectivity index (χ1v) is 6.38. The summed E-state index contributed by atoms with van der Waals surface area (Å²) in [6.45, 7) is 5.27. The Labute approximate surface area is 116 Å². The zero-order chi connectivity index (χ0) is 14.9. The quantitative estimate of drug-likeness (QED) is 0.745. The summed E-state index contributed by atoms with van der Waals surface area (Å²) in [5.74, 6) is -2.96. The first-order chi connectivity index (χ1) is 9.41. The third kappa shape index (κ3) is 2.49. The van der Waals surface area contributed by atoms with Crippen molar-refractivity contribution < 1.29 is 14.7 Å². The van der Waals surface area contributed by atoms with Gasteiger partial charge >= 0.3 is 5.97 Å². The van der Waals surface area contributed by atoms with Crippen molar-refractivity contribution in [1.29, 1.82) is 0 Å². The maximum absolute atomic E-state index is 12.1. The van der Waals surface area contributed by atoms with Crippen LogP contribution in [0.2, 0.25) is 0 Å². The van der Waals surface area contributed by atoms with Crippen LogP contribution in [0.25, 0.3) is 10.9 Å². The van der Waals surface area contributed by atoms with Crippen molar-refractivity contribution in [2.45, 2.75) is 20.8 Å². The van der Waals surface area contributed by atoms with Gasteiger partial charge in [0.25, 0.3) is 0 Å². The summed E-state index contributed by atoms with van der Waals surface area (Å²) >= 11 is 0. The predicted molar refractivity (Wildman–Crippen MR) is 75.4 cm³/mol. The number of benzene rings is 1. The molecule has 0 aliphatic heterocycles. The number of aliphatic carboxylic acids is 1. The fourth-order valence-electron chi connectivity index (χ4n) is 2.20. The van der Waals surface area contributed by atoms with E-state index in [1.54, 1.807) is 26.1 Å². The molecule has 0 bridgehead atoms. The molecule has 2 aromatic rings. The van der Waals surface area contributed by atoms with E-state index >= 15 is 0 Å². The SMILES string of the molecule is Cc1c(NC(=O)C(C(=O)O)C(C)C)ccc2cn[nH]c12. The van der Waals surface area contributed by atoms with Crippen LogP contribution in [0, 0.1) is 18.8 Å².